The molecule has 0 amide bonds. The van der Waals surface area contributed by atoms with Gasteiger partial charge in [0, 0.05) is 18.1 Å². The molecule has 1 saturated heterocycles. The van der Waals surface area contributed by atoms with Crippen LogP contribution in [0.1, 0.15) is 24.6 Å². The largest absolute Gasteiger partial charge is 0.506 e. The maximum atomic E-state index is 9.38. The molecule has 5 nitrogen and oxygen atoms in total. The molecule has 1 aromatic carbocycles. The molecule has 1 aliphatic rings. The van der Waals surface area contributed by atoms with Crippen molar-refractivity contribution >= 4 is 11.6 Å². The maximum Gasteiger partial charge on any atom is 0.257 e. The highest BCUT2D eigenvalue weighted by Gasteiger charge is 2.22. The van der Waals surface area contributed by atoms with Gasteiger partial charge < -0.3 is 14.4 Å². The van der Waals surface area contributed by atoms with Crippen LogP contribution in [0.5, 0.6) is 5.75 Å². The quantitative estimate of drug-likeness (QED) is 0.916. The third-order valence-electron chi connectivity index (χ3n) is 3.16. The average molecular weight is 281 g/mol. The van der Waals surface area contributed by atoms with Gasteiger partial charge in [-0.1, -0.05) is 16.8 Å². The predicted octanol–water partition coefficient (Wildman–Crippen LogP) is 2.99. The summed E-state index contributed by atoms with van der Waals surface area (Å²) in [4.78, 5) is 4.38. The molecule has 1 unspecified atom stereocenters. The second-order valence-electron chi connectivity index (χ2n) is 4.54. The summed E-state index contributed by atoms with van der Waals surface area (Å²) in [5.74, 6) is 1.30. The van der Waals surface area contributed by atoms with Crippen molar-refractivity contribution in [3.05, 3.63) is 29.0 Å². The lowest BCUT2D eigenvalue weighted by atomic mass is 10.0. The Morgan fingerprint density at radius 3 is 3.00 bits per heavy atom. The minimum absolute atomic E-state index is 0.0332. The molecular weight excluding hydrogens is 268 g/mol. The van der Waals surface area contributed by atoms with Gasteiger partial charge in [-0.25, -0.2) is 0 Å². The number of phenolic OH excluding ortho intramolecular Hbond substituents is 1. The van der Waals surface area contributed by atoms with Crippen LogP contribution in [0, 0.1) is 0 Å². The number of hydrogen-bond donors (Lipinski definition) is 1. The summed E-state index contributed by atoms with van der Waals surface area (Å²) in [6.45, 7) is 1.43. The Balaban J connectivity index is 1.85. The van der Waals surface area contributed by atoms with E-state index in [4.69, 9.17) is 20.9 Å². The van der Waals surface area contributed by atoms with Gasteiger partial charge in [0.25, 0.3) is 5.89 Å². The molecule has 19 heavy (non-hydrogen) atoms. The molecule has 6 heteroatoms. The second-order valence-corrected chi connectivity index (χ2v) is 4.95. The van der Waals surface area contributed by atoms with Crippen LogP contribution in [-0.4, -0.2) is 28.5 Å². The van der Waals surface area contributed by atoms with E-state index in [0.717, 1.165) is 19.4 Å². The molecule has 0 aliphatic carbocycles. The summed E-state index contributed by atoms with van der Waals surface area (Å²) in [5, 5.41) is 13.6. The van der Waals surface area contributed by atoms with Gasteiger partial charge in [0.2, 0.25) is 0 Å². The van der Waals surface area contributed by atoms with E-state index in [1.165, 1.54) is 6.07 Å². The maximum absolute atomic E-state index is 9.38. The average Bonchev–Trinajstić information content (AvgIpc) is 2.93. The summed E-state index contributed by atoms with van der Waals surface area (Å²) < 4.78 is 10.7. The number of aromatic nitrogens is 2. The number of nitrogens with zero attached hydrogens (tertiary/aromatic N) is 2. The van der Waals surface area contributed by atoms with Gasteiger partial charge in [-0.15, -0.1) is 0 Å². The van der Waals surface area contributed by atoms with Crippen LogP contribution in [0.25, 0.3) is 11.5 Å². The first-order valence-electron chi connectivity index (χ1n) is 6.14. The summed E-state index contributed by atoms with van der Waals surface area (Å²) in [7, 11) is 0. The van der Waals surface area contributed by atoms with E-state index in [1.54, 1.807) is 12.1 Å². The number of benzene rings is 1. The van der Waals surface area contributed by atoms with Crippen molar-refractivity contribution < 1.29 is 14.4 Å². The first-order chi connectivity index (χ1) is 9.24. The van der Waals surface area contributed by atoms with Gasteiger partial charge in [-0.2, -0.15) is 4.98 Å². The van der Waals surface area contributed by atoms with Crippen LogP contribution in [0.4, 0.5) is 0 Å². The highest BCUT2D eigenvalue weighted by molar-refractivity contribution is 6.32. The molecule has 2 heterocycles. The summed E-state index contributed by atoms with van der Waals surface area (Å²) in [6.07, 6.45) is 2.02. The van der Waals surface area contributed by atoms with E-state index in [1.807, 2.05) is 0 Å². The number of phenols is 1. The predicted molar refractivity (Wildman–Crippen MR) is 69.2 cm³/mol. The molecule has 0 spiro atoms. The van der Waals surface area contributed by atoms with Crippen molar-refractivity contribution in [3.8, 4) is 17.2 Å². The van der Waals surface area contributed by atoms with Gasteiger partial charge in [0.05, 0.1) is 11.6 Å². The molecule has 2 aromatic rings. The molecule has 0 bridgehead atoms. The van der Waals surface area contributed by atoms with E-state index >= 15 is 0 Å². The van der Waals surface area contributed by atoms with Gasteiger partial charge in [-0.05, 0) is 31.0 Å². The van der Waals surface area contributed by atoms with Gasteiger partial charge in [-0.3, -0.25) is 0 Å². The standard InChI is InChI=1S/C13H13ClN2O3/c14-10-6-8(3-4-11(10)17)13-15-12(16-19-13)9-2-1-5-18-7-9/h3-4,6,9,17H,1-2,5,7H2. The third-order valence-corrected chi connectivity index (χ3v) is 3.46. The monoisotopic (exact) mass is 280 g/mol. The Labute approximate surface area is 115 Å². The van der Waals surface area contributed by atoms with E-state index in [-0.39, 0.29) is 16.7 Å². The number of aromatic hydroxyl groups is 1. The molecule has 1 aromatic heterocycles. The van der Waals surface area contributed by atoms with Crippen LogP contribution in [0.15, 0.2) is 22.7 Å². The molecule has 1 N–H and O–H groups in total. The summed E-state index contributed by atoms with van der Waals surface area (Å²) >= 11 is 5.86. The Bertz CT molecular complexity index is 579. The minimum Gasteiger partial charge on any atom is -0.506 e. The number of hydrogen-bond acceptors (Lipinski definition) is 5. The Morgan fingerprint density at radius 2 is 2.26 bits per heavy atom. The Morgan fingerprint density at radius 1 is 1.37 bits per heavy atom. The van der Waals surface area contributed by atoms with E-state index in [2.05, 4.69) is 10.1 Å². The highest BCUT2D eigenvalue weighted by atomic mass is 35.5. The summed E-state index contributed by atoms with van der Waals surface area (Å²) in [5.41, 5.74) is 0.693. The fourth-order valence-corrected chi connectivity index (χ4v) is 2.28. The topological polar surface area (TPSA) is 68.4 Å². The van der Waals surface area contributed by atoms with Crippen molar-refractivity contribution in [3.63, 3.8) is 0 Å². The van der Waals surface area contributed by atoms with E-state index in [9.17, 15) is 5.11 Å². The van der Waals surface area contributed by atoms with Gasteiger partial charge >= 0.3 is 0 Å². The zero-order valence-electron chi connectivity index (χ0n) is 10.2. The van der Waals surface area contributed by atoms with Crippen molar-refractivity contribution in [2.24, 2.45) is 0 Å². The van der Waals surface area contributed by atoms with Crippen LogP contribution < -0.4 is 0 Å². The van der Waals surface area contributed by atoms with E-state index < -0.39 is 0 Å². The van der Waals surface area contributed by atoms with Crippen molar-refractivity contribution in [2.75, 3.05) is 13.2 Å². The van der Waals surface area contributed by atoms with Crippen molar-refractivity contribution in [2.45, 2.75) is 18.8 Å². The molecule has 0 saturated carbocycles. The first kappa shape index (κ1) is 12.4. The first-order valence-corrected chi connectivity index (χ1v) is 6.52. The fraction of sp³-hybridized carbons (Fsp3) is 0.385. The SMILES string of the molecule is Oc1ccc(-c2nc(C3CCCOC3)no2)cc1Cl. The fourth-order valence-electron chi connectivity index (χ4n) is 2.10. The molecule has 1 atom stereocenters. The lowest BCUT2D eigenvalue weighted by Crippen LogP contribution is -2.16. The van der Waals surface area contributed by atoms with Crippen molar-refractivity contribution in [1.29, 1.82) is 0 Å². The van der Waals surface area contributed by atoms with Crippen LogP contribution in [-0.2, 0) is 4.74 Å². The lowest BCUT2D eigenvalue weighted by molar-refractivity contribution is 0.0773. The zero-order valence-corrected chi connectivity index (χ0v) is 10.9. The number of rotatable bonds is 2. The Kier molecular flexibility index (Phi) is 3.40. The highest BCUT2D eigenvalue weighted by Crippen LogP contribution is 2.30. The van der Waals surface area contributed by atoms with Gasteiger partial charge in [0.1, 0.15) is 5.75 Å². The van der Waals surface area contributed by atoms with Crippen LogP contribution in [0.2, 0.25) is 5.02 Å². The molecule has 3 rings (SSSR count). The van der Waals surface area contributed by atoms with Gasteiger partial charge in [0.15, 0.2) is 5.82 Å². The molecule has 0 radical (unpaired) electrons. The molecule has 1 aliphatic heterocycles. The van der Waals surface area contributed by atoms with Crippen LogP contribution in [0.3, 0.4) is 0 Å². The molecule has 100 valence electrons. The lowest BCUT2D eigenvalue weighted by Gasteiger charge is -2.18. The summed E-state index contributed by atoms with van der Waals surface area (Å²) in [6, 6.07) is 4.80. The van der Waals surface area contributed by atoms with Crippen molar-refractivity contribution in [1.82, 2.24) is 10.1 Å². The van der Waals surface area contributed by atoms with E-state index in [0.29, 0.717) is 23.9 Å². The third kappa shape index (κ3) is 2.57. The van der Waals surface area contributed by atoms with Crippen LogP contribution >= 0.6 is 11.6 Å². The Hall–Kier alpha value is -1.59. The normalized spacial score (nSPS) is 19.5. The molecule has 1 fully saturated rings. The molecular formula is C13H13ClN2O3. The second kappa shape index (κ2) is 5.19. The zero-order chi connectivity index (χ0) is 13.2. The number of ether oxygens (including phenoxy) is 1. The smallest absolute Gasteiger partial charge is 0.257 e. The number of halogens is 1. The minimum atomic E-state index is 0.0332.